The molecule has 19 heavy (non-hydrogen) atoms. The molecule has 6 nitrogen and oxygen atoms in total. The fourth-order valence-corrected chi connectivity index (χ4v) is 2.50. The van der Waals surface area contributed by atoms with Gasteiger partial charge in [-0.3, -0.25) is 0 Å². The Balaban J connectivity index is 2.00. The molecule has 0 amide bonds. The van der Waals surface area contributed by atoms with Crippen molar-refractivity contribution in [2.24, 2.45) is 0 Å². The van der Waals surface area contributed by atoms with Crippen LogP contribution in [0.3, 0.4) is 0 Å². The van der Waals surface area contributed by atoms with Crippen LogP contribution in [0, 0.1) is 0 Å². The molecule has 0 unspecified atom stereocenters. The molecule has 0 aliphatic carbocycles. The number of carbonyl (C=O) groups is 1. The van der Waals surface area contributed by atoms with Gasteiger partial charge in [-0.25, -0.2) is 9.78 Å². The molecule has 6 heteroatoms. The van der Waals surface area contributed by atoms with Gasteiger partial charge in [-0.05, 0) is 25.5 Å². The number of nitrogens with one attached hydrogen (secondary N) is 3. The molecule has 0 saturated carbocycles. The first-order chi connectivity index (χ1) is 9.25. The Morgan fingerprint density at radius 1 is 1.53 bits per heavy atom. The molecular formula is C13H16N4O2. The fraction of sp³-hybridized carbons (Fsp3) is 0.385. The number of aromatic nitrogens is 2. The van der Waals surface area contributed by atoms with E-state index in [0.717, 1.165) is 31.3 Å². The van der Waals surface area contributed by atoms with Crippen LogP contribution in [-0.2, 0) is 0 Å². The minimum Gasteiger partial charge on any atom is -0.478 e. The average Bonchev–Trinajstić information content (AvgIpc) is 2.88. The summed E-state index contributed by atoms with van der Waals surface area (Å²) in [7, 11) is 0. The number of hydrogen-bond acceptors (Lipinski definition) is 4. The van der Waals surface area contributed by atoms with Crippen molar-refractivity contribution >= 4 is 22.7 Å². The summed E-state index contributed by atoms with van der Waals surface area (Å²) in [5, 5.41) is 16.8. The second-order valence-corrected chi connectivity index (χ2v) is 4.78. The Hall–Kier alpha value is -2.08. The van der Waals surface area contributed by atoms with Crippen molar-refractivity contribution in [3.63, 3.8) is 0 Å². The zero-order valence-electron chi connectivity index (χ0n) is 10.4. The van der Waals surface area contributed by atoms with E-state index in [9.17, 15) is 9.90 Å². The van der Waals surface area contributed by atoms with E-state index in [1.54, 1.807) is 6.20 Å². The Bertz CT molecular complexity index is 602. The van der Waals surface area contributed by atoms with E-state index >= 15 is 0 Å². The van der Waals surface area contributed by atoms with Gasteiger partial charge in [0.05, 0.1) is 5.69 Å². The Morgan fingerprint density at radius 3 is 3.16 bits per heavy atom. The lowest BCUT2D eigenvalue weighted by Crippen LogP contribution is -2.38. The molecule has 1 fully saturated rings. The molecule has 3 rings (SSSR count). The largest absolute Gasteiger partial charge is 0.478 e. The number of carboxylic acid groups (broad SMARTS) is 1. The maximum Gasteiger partial charge on any atom is 0.339 e. The molecule has 1 aliphatic heterocycles. The second kappa shape index (κ2) is 4.89. The minimum absolute atomic E-state index is 0.220. The third-order valence-corrected chi connectivity index (χ3v) is 3.46. The number of pyridine rings is 1. The van der Waals surface area contributed by atoms with Crippen LogP contribution >= 0.6 is 0 Å². The summed E-state index contributed by atoms with van der Waals surface area (Å²) >= 11 is 0. The monoisotopic (exact) mass is 260 g/mol. The Kier molecular flexibility index (Phi) is 3.08. The first-order valence-electron chi connectivity index (χ1n) is 6.42. The molecule has 2 aromatic rings. The Morgan fingerprint density at radius 2 is 2.42 bits per heavy atom. The molecule has 0 aromatic carbocycles. The first kappa shape index (κ1) is 12.0. The zero-order chi connectivity index (χ0) is 13.2. The van der Waals surface area contributed by atoms with Crippen LogP contribution < -0.4 is 10.6 Å². The average molecular weight is 260 g/mol. The standard InChI is InChI=1S/C13H16N4O2/c18-13(19)10-7-16-12-9(3-5-15-12)11(10)17-8-2-1-4-14-6-8/h3,5,7-8,14H,1-2,4,6H2,(H,18,19)(H2,15,16,17)/t8-/m0/s1. The van der Waals surface area contributed by atoms with Crippen molar-refractivity contribution in [1.82, 2.24) is 15.3 Å². The van der Waals surface area contributed by atoms with Crippen molar-refractivity contribution in [2.45, 2.75) is 18.9 Å². The van der Waals surface area contributed by atoms with Crippen molar-refractivity contribution < 1.29 is 9.90 Å². The van der Waals surface area contributed by atoms with Crippen LogP contribution in [0.15, 0.2) is 18.5 Å². The predicted octanol–water partition coefficient (Wildman–Crippen LogP) is 1.42. The number of anilines is 1. The maximum absolute atomic E-state index is 11.3. The van der Waals surface area contributed by atoms with Gasteiger partial charge in [-0.1, -0.05) is 0 Å². The van der Waals surface area contributed by atoms with Gasteiger partial charge in [0.15, 0.2) is 0 Å². The Labute approximate surface area is 110 Å². The maximum atomic E-state index is 11.3. The van der Waals surface area contributed by atoms with Crippen LogP contribution in [0.2, 0.25) is 0 Å². The third kappa shape index (κ3) is 2.26. The number of piperidine rings is 1. The SMILES string of the molecule is O=C(O)c1cnc2[nH]ccc2c1N[C@H]1CCCNC1. The number of aromatic amines is 1. The number of carboxylic acids is 1. The summed E-state index contributed by atoms with van der Waals surface area (Å²) < 4.78 is 0. The van der Waals surface area contributed by atoms with Crippen LogP contribution in [0.4, 0.5) is 5.69 Å². The van der Waals surface area contributed by atoms with Crippen molar-refractivity contribution in [1.29, 1.82) is 0 Å². The smallest absolute Gasteiger partial charge is 0.339 e. The summed E-state index contributed by atoms with van der Waals surface area (Å²) in [5.41, 5.74) is 1.58. The number of rotatable bonds is 3. The molecule has 0 radical (unpaired) electrons. The quantitative estimate of drug-likeness (QED) is 0.670. The van der Waals surface area contributed by atoms with E-state index in [-0.39, 0.29) is 11.6 Å². The summed E-state index contributed by atoms with van der Waals surface area (Å²) in [6.07, 6.45) is 5.31. The normalized spacial score (nSPS) is 19.5. The summed E-state index contributed by atoms with van der Waals surface area (Å²) in [5.74, 6) is -0.957. The number of H-pyrrole nitrogens is 1. The van der Waals surface area contributed by atoms with Crippen molar-refractivity contribution in [2.75, 3.05) is 18.4 Å². The number of hydrogen-bond donors (Lipinski definition) is 4. The highest BCUT2D eigenvalue weighted by Crippen LogP contribution is 2.27. The van der Waals surface area contributed by atoms with Crippen molar-refractivity contribution in [3.8, 4) is 0 Å². The van der Waals surface area contributed by atoms with Gasteiger partial charge < -0.3 is 20.7 Å². The van der Waals surface area contributed by atoms with E-state index in [4.69, 9.17) is 0 Å². The number of nitrogens with zero attached hydrogens (tertiary/aromatic N) is 1. The van der Waals surface area contributed by atoms with Gasteiger partial charge in [0, 0.05) is 30.4 Å². The van der Waals surface area contributed by atoms with Gasteiger partial charge in [0.1, 0.15) is 11.2 Å². The molecular weight excluding hydrogens is 244 g/mol. The van der Waals surface area contributed by atoms with Gasteiger partial charge in [0.2, 0.25) is 0 Å². The number of fused-ring (bicyclic) bond motifs is 1. The lowest BCUT2D eigenvalue weighted by Gasteiger charge is -2.25. The van der Waals surface area contributed by atoms with E-state index in [2.05, 4.69) is 20.6 Å². The van der Waals surface area contributed by atoms with Crippen LogP contribution in [0.5, 0.6) is 0 Å². The number of aromatic carboxylic acids is 1. The first-order valence-corrected chi connectivity index (χ1v) is 6.42. The fourth-order valence-electron chi connectivity index (χ4n) is 2.50. The second-order valence-electron chi connectivity index (χ2n) is 4.78. The van der Waals surface area contributed by atoms with Crippen LogP contribution in [-0.4, -0.2) is 40.2 Å². The zero-order valence-corrected chi connectivity index (χ0v) is 10.4. The summed E-state index contributed by atoms with van der Waals surface area (Å²) in [6.45, 7) is 1.88. The van der Waals surface area contributed by atoms with Crippen molar-refractivity contribution in [3.05, 3.63) is 24.0 Å². The van der Waals surface area contributed by atoms with Gasteiger partial charge in [0.25, 0.3) is 0 Å². The molecule has 1 atom stereocenters. The predicted molar refractivity (Wildman–Crippen MR) is 72.6 cm³/mol. The lowest BCUT2D eigenvalue weighted by molar-refractivity contribution is 0.0697. The molecule has 0 spiro atoms. The molecule has 3 heterocycles. The van der Waals surface area contributed by atoms with Gasteiger partial charge >= 0.3 is 5.97 Å². The highest BCUT2D eigenvalue weighted by molar-refractivity contribution is 6.03. The molecule has 100 valence electrons. The highest BCUT2D eigenvalue weighted by atomic mass is 16.4. The summed E-state index contributed by atoms with van der Waals surface area (Å²) in [6, 6.07) is 2.11. The van der Waals surface area contributed by atoms with Crippen LogP contribution in [0.25, 0.3) is 11.0 Å². The minimum atomic E-state index is -0.957. The lowest BCUT2D eigenvalue weighted by atomic mass is 10.1. The molecule has 4 N–H and O–H groups in total. The third-order valence-electron chi connectivity index (χ3n) is 3.46. The van der Waals surface area contributed by atoms with E-state index in [1.807, 2.05) is 6.07 Å². The molecule has 0 bridgehead atoms. The van der Waals surface area contributed by atoms with E-state index < -0.39 is 5.97 Å². The van der Waals surface area contributed by atoms with E-state index in [0.29, 0.717) is 11.3 Å². The van der Waals surface area contributed by atoms with Gasteiger partial charge in [-0.15, -0.1) is 0 Å². The molecule has 1 saturated heterocycles. The van der Waals surface area contributed by atoms with E-state index in [1.165, 1.54) is 6.20 Å². The highest BCUT2D eigenvalue weighted by Gasteiger charge is 2.19. The molecule has 1 aliphatic rings. The summed E-state index contributed by atoms with van der Waals surface area (Å²) in [4.78, 5) is 18.5. The topological polar surface area (TPSA) is 90.0 Å². The van der Waals surface area contributed by atoms with Crippen LogP contribution in [0.1, 0.15) is 23.2 Å². The van der Waals surface area contributed by atoms with Gasteiger partial charge in [-0.2, -0.15) is 0 Å². The molecule has 2 aromatic heterocycles.